The minimum absolute atomic E-state index is 0.186. The Morgan fingerprint density at radius 3 is 2.39 bits per heavy atom. The Balaban J connectivity index is 2.53. The highest BCUT2D eigenvalue weighted by Gasteiger charge is 2.32. The number of ether oxygens (including phenoxy) is 1. The quantitative estimate of drug-likeness (QED) is 0.630. The molecule has 0 heterocycles. The predicted octanol–water partition coefficient (Wildman–Crippen LogP) is -0.169. The zero-order valence-electron chi connectivity index (χ0n) is 10.9. The van der Waals surface area contributed by atoms with Crippen LogP contribution >= 0.6 is 0 Å². The number of amides is 1. The Morgan fingerprint density at radius 2 is 1.94 bits per heavy atom. The summed E-state index contributed by atoms with van der Waals surface area (Å²) >= 11 is 0. The standard InChI is InChI=1S/C11H19NO5S/c1-8(11(14)17-3)6-18(15,16)7-10(13)12(2)9-4-5-9/h8-9H,4-7H2,1-3H3. The van der Waals surface area contributed by atoms with Crippen molar-refractivity contribution in [2.45, 2.75) is 25.8 Å². The molecule has 1 rings (SSSR count). The zero-order valence-corrected chi connectivity index (χ0v) is 11.7. The monoisotopic (exact) mass is 277 g/mol. The van der Waals surface area contributed by atoms with Crippen molar-refractivity contribution in [1.82, 2.24) is 4.90 Å². The van der Waals surface area contributed by atoms with Gasteiger partial charge < -0.3 is 9.64 Å². The van der Waals surface area contributed by atoms with E-state index in [9.17, 15) is 18.0 Å². The van der Waals surface area contributed by atoms with Gasteiger partial charge in [-0.1, -0.05) is 6.92 Å². The number of sulfone groups is 1. The van der Waals surface area contributed by atoms with E-state index in [4.69, 9.17) is 0 Å². The molecule has 7 heteroatoms. The van der Waals surface area contributed by atoms with Gasteiger partial charge in [0.15, 0.2) is 9.84 Å². The van der Waals surface area contributed by atoms with Crippen LogP contribution in [0.1, 0.15) is 19.8 Å². The number of nitrogens with zero attached hydrogens (tertiary/aromatic N) is 1. The molecule has 0 aliphatic heterocycles. The average molecular weight is 277 g/mol. The summed E-state index contributed by atoms with van der Waals surface area (Å²) in [6.07, 6.45) is 1.86. The molecule has 1 atom stereocenters. The molecule has 0 saturated heterocycles. The topological polar surface area (TPSA) is 80.8 Å². The average Bonchev–Trinajstić information content (AvgIpc) is 3.09. The maximum Gasteiger partial charge on any atom is 0.309 e. The molecule has 1 aliphatic rings. The molecule has 18 heavy (non-hydrogen) atoms. The van der Waals surface area contributed by atoms with Gasteiger partial charge in [-0.25, -0.2) is 8.42 Å². The molecule has 6 nitrogen and oxygen atoms in total. The van der Waals surface area contributed by atoms with Gasteiger partial charge in [-0.3, -0.25) is 9.59 Å². The van der Waals surface area contributed by atoms with Gasteiger partial charge in [0.1, 0.15) is 5.75 Å². The van der Waals surface area contributed by atoms with E-state index in [0.717, 1.165) is 12.8 Å². The summed E-state index contributed by atoms with van der Waals surface area (Å²) in [5, 5.41) is 0. The molecule has 0 radical (unpaired) electrons. The second kappa shape index (κ2) is 5.69. The van der Waals surface area contributed by atoms with Crippen molar-refractivity contribution in [1.29, 1.82) is 0 Å². The van der Waals surface area contributed by atoms with Gasteiger partial charge in [-0.15, -0.1) is 0 Å². The summed E-state index contributed by atoms with van der Waals surface area (Å²) in [4.78, 5) is 24.3. The van der Waals surface area contributed by atoms with Crippen LogP contribution in [0.4, 0.5) is 0 Å². The van der Waals surface area contributed by atoms with E-state index in [-0.39, 0.29) is 11.8 Å². The number of carbonyl (C=O) groups excluding carboxylic acids is 2. The molecular weight excluding hydrogens is 258 g/mol. The number of esters is 1. The summed E-state index contributed by atoms with van der Waals surface area (Å²) in [6.45, 7) is 1.47. The molecule has 104 valence electrons. The lowest BCUT2D eigenvalue weighted by molar-refractivity contribution is -0.144. The first-order valence-corrected chi connectivity index (χ1v) is 7.63. The van der Waals surface area contributed by atoms with Crippen LogP contribution in [0.2, 0.25) is 0 Å². The van der Waals surface area contributed by atoms with Gasteiger partial charge in [-0.05, 0) is 12.8 Å². The lowest BCUT2D eigenvalue weighted by Gasteiger charge is -2.16. The van der Waals surface area contributed by atoms with Crippen LogP contribution in [0.15, 0.2) is 0 Å². The maximum absolute atomic E-state index is 11.8. The van der Waals surface area contributed by atoms with E-state index < -0.39 is 33.4 Å². The van der Waals surface area contributed by atoms with E-state index in [1.165, 1.54) is 18.9 Å². The van der Waals surface area contributed by atoms with E-state index in [2.05, 4.69) is 4.74 Å². The Kier molecular flexibility index (Phi) is 4.72. The maximum atomic E-state index is 11.8. The molecule has 0 aromatic heterocycles. The van der Waals surface area contributed by atoms with Crippen LogP contribution in [0.25, 0.3) is 0 Å². The van der Waals surface area contributed by atoms with Gasteiger partial charge in [-0.2, -0.15) is 0 Å². The fourth-order valence-corrected chi connectivity index (χ4v) is 3.26. The third-order valence-electron chi connectivity index (χ3n) is 2.94. The molecule has 1 saturated carbocycles. The fourth-order valence-electron chi connectivity index (χ4n) is 1.66. The van der Waals surface area contributed by atoms with Crippen molar-refractivity contribution in [3.05, 3.63) is 0 Å². The number of hydrogen-bond donors (Lipinski definition) is 0. The van der Waals surface area contributed by atoms with Crippen LogP contribution in [-0.4, -0.2) is 56.9 Å². The van der Waals surface area contributed by atoms with Gasteiger partial charge in [0.25, 0.3) is 0 Å². The Labute approximate surface area is 107 Å². The normalized spacial score (nSPS) is 17.1. The SMILES string of the molecule is COC(=O)C(C)CS(=O)(=O)CC(=O)N(C)C1CC1. The largest absolute Gasteiger partial charge is 0.469 e. The Bertz CT molecular complexity index is 427. The summed E-state index contributed by atoms with van der Waals surface area (Å²) < 4.78 is 28.0. The lowest BCUT2D eigenvalue weighted by Crippen LogP contribution is -2.36. The van der Waals surface area contributed by atoms with Gasteiger partial charge in [0.05, 0.1) is 18.8 Å². The van der Waals surface area contributed by atoms with Crippen LogP contribution in [-0.2, 0) is 24.2 Å². The van der Waals surface area contributed by atoms with E-state index in [0.29, 0.717) is 0 Å². The first-order valence-electron chi connectivity index (χ1n) is 5.80. The van der Waals surface area contributed by atoms with Crippen LogP contribution in [0, 0.1) is 5.92 Å². The highest BCUT2D eigenvalue weighted by Crippen LogP contribution is 2.25. The van der Waals surface area contributed by atoms with E-state index in [1.807, 2.05) is 0 Å². The summed E-state index contributed by atoms with van der Waals surface area (Å²) in [7, 11) is -0.762. The predicted molar refractivity (Wildman–Crippen MR) is 65.6 cm³/mol. The third kappa shape index (κ3) is 4.29. The zero-order chi connectivity index (χ0) is 13.9. The second-order valence-electron chi connectivity index (χ2n) is 4.71. The highest BCUT2D eigenvalue weighted by atomic mass is 32.2. The minimum Gasteiger partial charge on any atom is -0.469 e. The van der Waals surface area contributed by atoms with Crippen LogP contribution < -0.4 is 0 Å². The third-order valence-corrected chi connectivity index (χ3v) is 4.63. The molecule has 0 bridgehead atoms. The molecule has 0 aromatic rings. The van der Waals surface area contributed by atoms with Crippen molar-refractivity contribution < 1.29 is 22.7 Å². The number of rotatable bonds is 6. The molecule has 1 fully saturated rings. The van der Waals surface area contributed by atoms with Gasteiger partial charge >= 0.3 is 5.97 Å². The minimum atomic E-state index is -3.58. The molecular formula is C11H19NO5S. The van der Waals surface area contributed by atoms with Crippen LogP contribution in [0.5, 0.6) is 0 Å². The lowest BCUT2D eigenvalue weighted by atomic mass is 10.2. The molecule has 0 spiro atoms. The summed E-state index contributed by atoms with van der Waals surface area (Å²) in [5.74, 6) is -2.64. The summed E-state index contributed by atoms with van der Waals surface area (Å²) in [5.41, 5.74) is 0. The van der Waals surface area contributed by atoms with Gasteiger partial charge in [0.2, 0.25) is 5.91 Å². The van der Waals surface area contributed by atoms with E-state index in [1.54, 1.807) is 7.05 Å². The molecule has 1 unspecified atom stereocenters. The first kappa shape index (κ1) is 14.9. The molecule has 1 aliphatic carbocycles. The summed E-state index contributed by atoms with van der Waals surface area (Å²) in [6, 6.07) is 0.186. The van der Waals surface area contributed by atoms with Crippen molar-refractivity contribution in [2.75, 3.05) is 25.7 Å². The first-order chi connectivity index (χ1) is 8.26. The fraction of sp³-hybridized carbons (Fsp3) is 0.818. The van der Waals surface area contributed by atoms with Crippen molar-refractivity contribution in [3.63, 3.8) is 0 Å². The Hall–Kier alpha value is -1.11. The smallest absolute Gasteiger partial charge is 0.309 e. The number of hydrogen-bond acceptors (Lipinski definition) is 5. The highest BCUT2D eigenvalue weighted by molar-refractivity contribution is 7.92. The second-order valence-corrected chi connectivity index (χ2v) is 6.82. The molecule has 0 N–H and O–H groups in total. The van der Waals surface area contributed by atoms with Crippen molar-refractivity contribution in [2.24, 2.45) is 5.92 Å². The molecule has 0 aromatic carbocycles. The number of carbonyl (C=O) groups is 2. The van der Waals surface area contributed by atoms with Crippen molar-refractivity contribution >= 4 is 21.7 Å². The van der Waals surface area contributed by atoms with Gasteiger partial charge in [0, 0.05) is 13.1 Å². The number of methoxy groups -OCH3 is 1. The van der Waals surface area contributed by atoms with Crippen LogP contribution in [0.3, 0.4) is 0 Å². The Morgan fingerprint density at radius 1 is 1.39 bits per heavy atom. The van der Waals surface area contributed by atoms with Crippen molar-refractivity contribution in [3.8, 4) is 0 Å². The molecule has 1 amide bonds. The van der Waals surface area contributed by atoms with E-state index >= 15 is 0 Å².